The number of amides is 2. The molecule has 2 aromatic carbocycles. The van der Waals surface area contributed by atoms with Crippen molar-refractivity contribution in [2.24, 2.45) is 0 Å². The summed E-state index contributed by atoms with van der Waals surface area (Å²) in [7, 11) is 0. The third-order valence-corrected chi connectivity index (χ3v) is 2.93. The highest BCUT2D eigenvalue weighted by atomic mass is 16.6. The molecule has 130 valence electrons. The maximum Gasteiger partial charge on any atom is 0.426 e. The molecule has 2 amide bonds. The van der Waals surface area contributed by atoms with Gasteiger partial charge in [0.2, 0.25) is 0 Å². The normalized spacial score (nSPS) is 9.76. The summed E-state index contributed by atoms with van der Waals surface area (Å²) in [5, 5.41) is 10.5. The van der Waals surface area contributed by atoms with Gasteiger partial charge in [-0.1, -0.05) is 30.3 Å². The van der Waals surface area contributed by atoms with Crippen molar-refractivity contribution < 1.29 is 24.0 Å². The molecule has 2 N–H and O–H groups in total. The molecule has 0 heterocycles. The van der Waals surface area contributed by atoms with Crippen molar-refractivity contribution in [3.63, 3.8) is 0 Å². The van der Waals surface area contributed by atoms with Crippen LogP contribution in [0.3, 0.4) is 0 Å². The summed E-state index contributed by atoms with van der Waals surface area (Å²) >= 11 is 0. The topological polar surface area (TPSA) is 120 Å². The number of hydrazine groups is 1. The molecule has 0 atom stereocenters. The van der Waals surface area contributed by atoms with E-state index in [1.165, 1.54) is 24.3 Å². The molecule has 0 fully saturated rings. The molecule has 0 radical (unpaired) electrons. The van der Waals surface area contributed by atoms with Crippen molar-refractivity contribution in [2.75, 3.05) is 6.61 Å². The van der Waals surface area contributed by atoms with E-state index in [0.29, 0.717) is 0 Å². The summed E-state index contributed by atoms with van der Waals surface area (Å²) in [5.41, 5.74) is 4.93. The minimum Gasteiger partial charge on any atom is -0.484 e. The van der Waals surface area contributed by atoms with Gasteiger partial charge in [-0.05, 0) is 17.7 Å². The van der Waals surface area contributed by atoms with E-state index in [9.17, 15) is 19.7 Å². The zero-order chi connectivity index (χ0) is 18.1. The van der Waals surface area contributed by atoms with Crippen LogP contribution in [-0.4, -0.2) is 23.5 Å². The third-order valence-electron chi connectivity index (χ3n) is 2.93. The van der Waals surface area contributed by atoms with Crippen LogP contribution >= 0.6 is 0 Å². The van der Waals surface area contributed by atoms with Gasteiger partial charge in [0.1, 0.15) is 12.4 Å². The maximum atomic E-state index is 11.6. The molecule has 0 aliphatic heterocycles. The molecule has 0 spiro atoms. The zero-order valence-electron chi connectivity index (χ0n) is 13.0. The van der Waals surface area contributed by atoms with Crippen molar-refractivity contribution >= 4 is 17.7 Å². The van der Waals surface area contributed by atoms with Gasteiger partial charge in [0.15, 0.2) is 6.61 Å². The summed E-state index contributed by atoms with van der Waals surface area (Å²) in [6.07, 6.45) is -0.812. The van der Waals surface area contributed by atoms with Crippen molar-refractivity contribution in [1.82, 2.24) is 10.9 Å². The molecule has 0 aliphatic carbocycles. The number of rotatable bonds is 6. The Balaban J connectivity index is 1.66. The molecule has 2 aromatic rings. The molecule has 0 bridgehead atoms. The van der Waals surface area contributed by atoms with Crippen molar-refractivity contribution in [3.8, 4) is 5.75 Å². The number of non-ortho nitro benzene ring substituents is 1. The first-order chi connectivity index (χ1) is 12.0. The van der Waals surface area contributed by atoms with E-state index in [-0.39, 0.29) is 24.7 Å². The predicted molar refractivity (Wildman–Crippen MR) is 86.5 cm³/mol. The largest absolute Gasteiger partial charge is 0.484 e. The van der Waals surface area contributed by atoms with Gasteiger partial charge in [0.05, 0.1) is 4.92 Å². The Bertz CT molecular complexity index is 733. The first-order valence-electron chi connectivity index (χ1n) is 7.17. The van der Waals surface area contributed by atoms with E-state index in [2.05, 4.69) is 10.9 Å². The lowest BCUT2D eigenvalue weighted by atomic mass is 10.2. The van der Waals surface area contributed by atoms with Crippen LogP contribution in [0.5, 0.6) is 5.75 Å². The second-order valence-electron chi connectivity index (χ2n) is 4.77. The number of carbonyl (C=O) groups is 2. The Kier molecular flexibility index (Phi) is 6.29. The third kappa shape index (κ3) is 6.18. The maximum absolute atomic E-state index is 11.6. The summed E-state index contributed by atoms with van der Waals surface area (Å²) < 4.78 is 10.0. The van der Waals surface area contributed by atoms with Crippen LogP contribution in [-0.2, 0) is 16.1 Å². The van der Waals surface area contributed by atoms with Crippen LogP contribution in [0.2, 0.25) is 0 Å². The summed E-state index contributed by atoms with van der Waals surface area (Å²) in [5.74, 6) is -0.331. The second-order valence-corrected chi connectivity index (χ2v) is 4.77. The molecule has 25 heavy (non-hydrogen) atoms. The minimum atomic E-state index is -0.812. The Morgan fingerprint density at radius 1 is 1.00 bits per heavy atom. The number of nitro groups is 1. The van der Waals surface area contributed by atoms with E-state index in [1.54, 1.807) is 12.1 Å². The number of nitrogens with one attached hydrogen (secondary N) is 2. The van der Waals surface area contributed by atoms with Gasteiger partial charge < -0.3 is 9.47 Å². The second kappa shape index (κ2) is 8.87. The Hall–Kier alpha value is -3.62. The lowest BCUT2D eigenvalue weighted by molar-refractivity contribution is -0.384. The number of hydrogen-bond acceptors (Lipinski definition) is 6. The lowest BCUT2D eigenvalue weighted by Gasteiger charge is -2.09. The number of carbonyl (C=O) groups excluding carboxylic acids is 2. The average molecular weight is 345 g/mol. The molecular weight excluding hydrogens is 330 g/mol. The molecule has 9 heteroatoms. The Morgan fingerprint density at radius 3 is 2.32 bits per heavy atom. The van der Waals surface area contributed by atoms with Crippen LogP contribution in [0.1, 0.15) is 5.56 Å². The molecule has 9 nitrogen and oxygen atoms in total. The Labute approximate surface area is 142 Å². The lowest BCUT2D eigenvalue weighted by Crippen LogP contribution is -2.44. The van der Waals surface area contributed by atoms with Gasteiger partial charge in [-0.3, -0.25) is 20.3 Å². The van der Waals surface area contributed by atoms with Gasteiger partial charge >= 0.3 is 6.09 Å². The van der Waals surface area contributed by atoms with Crippen LogP contribution in [0, 0.1) is 10.1 Å². The van der Waals surface area contributed by atoms with Crippen molar-refractivity contribution in [1.29, 1.82) is 0 Å². The molecule has 0 aromatic heterocycles. The summed E-state index contributed by atoms with van der Waals surface area (Å²) in [4.78, 5) is 33.0. The van der Waals surface area contributed by atoms with Crippen molar-refractivity contribution in [2.45, 2.75) is 6.61 Å². The highest BCUT2D eigenvalue weighted by Gasteiger charge is 2.08. The van der Waals surface area contributed by atoms with E-state index < -0.39 is 16.9 Å². The van der Waals surface area contributed by atoms with E-state index in [0.717, 1.165) is 5.56 Å². The van der Waals surface area contributed by atoms with Gasteiger partial charge in [-0.2, -0.15) is 0 Å². The predicted octanol–water partition coefficient (Wildman–Crippen LogP) is 1.93. The smallest absolute Gasteiger partial charge is 0.426 e. The fraction of sp³-hybridized carbons (Fsp3) is 0.125. The minimum absolute atomic E-state index is 0.0713. The monoisotopic (exact) mass is 345 g/mol. The first kappa shape index (κ1) is 17.7. The molecule has 0 unspecified atom stereocenters. The molecule has 0 aliphatic rings. The quantitative estimate of drug-likeness (QED) is 0.610. The fourth-order valence-corrected chi connectivity index (χ4v) is 1.73. The highest BCUT2D eigenvalue weighted by Crippen LogP contribution is 2.16. The van der Waals surface area contributed by atoms with Gasteiger partial charge in [0, 0.05) is 12.1 Å². The van der Waals surface area contributed by atoms with E-state index in [4.69, 9.17) is 9.47 Å². The van der Waals surface area contributed by atoms with E-state index >= 15 is 0 Å². The number of hydrogen-bond donors (Lipinski definition) is 2. The molecule has 0 saturated carbocycles. The average Bonchev–Trinajstić information content (AvgIpc) is 2.64. The summed E-state index contributed by atoms with van der Waals surface area (Å²) in [6.45, 7) is -0.307. The number of nitrogens with zero attached hydrogens (tertiary/aromatic N) is 1. The van der Waals surface area contributed by atoms with Crippen LogP contribution in [0.4, 0.5) is 10.5 Å². The van der Waals surface area contributed by atoms with Crippen molar-refractivity contribution in [3.05, 3.63) is 70.3 Å². The van der Waals surface area contributed by atoms with Crippen LogP contribution in [0.25, 0.3) is 0 Å². The van der Waals surface area contributed by atoms with Crippen LogP contribution in [0.15, 0.2) is 54.6 Å². The van der Waals surface area contributed by atoms with Crippen LogP contribution < -0.4 is 15.6 Å². The Morgan fingerprint density at radius 2 is 1.68 bits per heavy atom. The van der Waals surface area contributed by atoms with Gasteiger partial charge in [0.25, 0.3) is 11.6 Å². The van der Waals surface area contributed by atoms with Gasteiger partial charge in [-0.15, -0.1) is 0 Å². The molecule has 0 saturated heterocycles. The molecule has 2 rings (SSSR count). The van der Waals surface area contributed by atoms with Gasteiger partial charge in [-0.25, -0.2) is 10.2 Å². The standard InChI is InChI=1S/C16H15N3O6/c20-15(11-24-14-8-6-13(7-9-14)19(22)23)17-18-16(21)25-10-12-4-2-1-3-5-12/h1-9H,10-11H2,(H,17,20)(H,18,21). The SMILES string of the molecule is O=C(COc1ccc([N+](=O)[O-])cc1)NNC(=O)OCc1ccccc1. The molecular formula is C16H15N3O6. The van der Waals surface area contributed by atoms with E-state index in [1.807, 2.05) is 18.2 Å². The number of ether oxygens (including phenoxy) is 2. The summed E-state index contributed by atoms with van der Waals surface area (Å²) in [6, 6.07) is 14.3. The number of nitro benzene ring substituents is 1. The fourth-order valence-electron chi connectivity index (χ4n) is 1.73. The highest BCUT2D eigenvalue weighted by molar-refractivity contribution is 5.80. The number of benzene rings is 2. The first-order valence-corrected chi connectivity index (χ1v) is 7.17. The zero-order valence-corrected chi connectivity index (χ0v) is 13.0.